The van der Waals surface area contributed by atoms with E-state index in [9.17, 15) is 4.79 Å². The Morgan fingerprint density at radius 1 is 1.52 bits per heavy atom. The van der Waals surface area contributed by atoms with Gasteiger partial charge in [-0.3, -0.25) is 4.79 Å². The second kappa shape index (κ2) is 7.07. The zero-order valence-corrected chi connectivity index (χ0v) is 13.2. The fraction of sp³-hybridized carbons (Fsp3) is 0.750. The van der Waals surface area contributed by atoms with E-state index in [1.165, 1.54) is 6.42 Å². The number of imidazole rings is 1. The highest BCUT2D eigenvalue weighted by molar-refractivity contribution is 5.76. The van der Waals surface area contributed by atoms with E-state index >= 15 is 0 Å². The van der Waals surface area contributed by atoms with Crippen molar-refractivity contribution < 1.29 is 9.53 Å². The summed E-state index contributed by atoms with van der Waals surface area (Å²) in [6.07, 6.45) is 7.02. The number of aromatic nitrogens is 2. The lowest BCUT2D eigenvalue weighted by atomic mass is 9.75. The Morgan fingerprint density at radius 3 is 2.90 bits per heavy atom. The maximum absolute atomic E-state index is 12.2. The van der Waals surface area contributed by atoms with Crippen LogP contribution in [0.3, 0.4) is 0 Å². The summed E-state index contributed by atoms with van der Waals surface area (Å²) in [6, 6.07) is -0.629. The molecule has 1 heterocycles. The number of nitrogens with two attached hydrogens (primary N) is 1. The number of hydrogen-bond donors (Lipinski definition) is 2. The van der Waals surface area contributed by atoms with Crippen molar-refractivity contribution >= 4 is 5.97 Å². The normalized spacial score (nSPS) is 27.6. The van der Waals surface area contributed by atoms with Gasteiger partial charge >= 0.3 is 5.97 Å². The van der Waals surface area contributed by atoms with E-state index in [0.29, 0.717) is 24.2 Å². The third-order valence-corrected chi connectivity index (χ3v) is 4.53. The minimum absolute atomic E-state index is 0.00840. The molecule has 0 bridgehead atoms. The summed E-state index contributed by atoms with van der Waals surface area (Å²) in [5, 5.41) is 0. The Hall–Kier alpha value is -1.36. The van der Waals surface area contributed by atoms with Gasteiger partial charge in [0.05, 0.1) is 6.33 Å². The first-order valence-corrected chi connectivity index (χ1v) is 7.90. The molecule has 5 heteroatoms. The van der Waals surface area contributed by atoms with Crippen molar-refractivity contribution in [2.24, 2.45) is 23.5 Å². The quantitative estimate of drug-likeness (QED) is 0.816. The summed E-state index contributed by atoms with van der Waals surface area (Å²) in [6.45, 7) is 6.62. The topological polar surface area (TPSA) is 81.0 Å². The van der Waals surface area contributed by atoms with Gasteiger partial charge in [-0.05, 0) is 30.6 Å². The molecular formula is C16H27N3O2. The largest absolute Gasteiger partial charge is 0.461 e. The third-order valence-electron chi connectivity index (χ3n) is 4.53. The van der Waals surface area contributed by atoms with Gasteiger partial charge < -0.3 is 15.5 Å². The average Bonchev–Trinajstić information content (AvgIpc) is 2.91. The van der Waals surface area contributed by atoms with Crippen molar-refractivity contribution in [2.45, 2.75) is 58.6 Å². The molecule has 21 heavy (non-hydrogen) atoms. The van der Waals surface area contributed by atoms with Crippen molar-refractivity contribution in [1.82, 2.24) is 9.97 Å². The van der Waals surface area contributed by atoms with Gasteiger partial charge in [0.25, 0.3) is 0 Å². The Kier molecular flexibility index (Phi) is 5.39. The Bertz CT molecular complexity index is 444. The molecule has 1 aliphatic carbocycles. The Balaban J connectivity index is 1.92. The molecule has 0 aliphatic heterocycles. The van der Waals surface area contributed by atoms with Crippen LogP contribution in [-0.4, -0.2) is 28.1 Å². The van der Waals surface area contributed by atoms with Crippen LogP contribution in [0.15, 0.2) is 12.5 Å². The molecule has 3 N–H and O–H groups in total. The van der Waals surface area contributed by atoms with E-state index in [-0.39, 0.29) is 12.1 Å². The average molecular weight is 293 g/mol. The third kappa shape index (κ3) is 4.30. The lowest BCUT2D eigenvalue weighted by Crippen LogP contribution is -2.41. The van der Waals surface area contributed by atoms with Crippen molar-refractivity contribution in [3.05, 3.63) is 18.2 Å². The lowest BCUT2D eigenvalue weighted by molar-refractivity contribution is -0.157. The Labute approximate surface area is 126 Å². The number of carbonyl (C=O) groups is 1. The van der Waals surface area contributed by atoms with E-state index in [2.05, 4.69) is 30.7 Å². The lowest BCUT2D eigenvalue weighted by Gasteiger charge is -2.37. The maximum atomic E-state index is 12.2. The number of nitrogens with zero attached hydrogens (tertiary/aromatic N) is 1. The van der Waals surface area contributed by atoms with Crippen LogP contribution < -0.4 is 5.73 Å². The molecule has 4 unspecified atom stereocenters. The van der Waals surface area contributed by atoms with Gasteiger partial charge in [-0.25, -0.2) is 4.98 Å². The molecule has 1 aromatic rings. The predicted molar refractivity (Wildman–Crippen MR) is 81.5 cm³/mol. The molecule has 5 nitrogen and oxygen atoms in total. The van der Waals surface area contributed by atoms with Gasteiger partial charge in [0.15, 0.2) is 0 Å². The second-order valence-corrected chi connectivity index (χ2v) is 6.69. The summed E-state index contributed by atoms with van der Waals surface area (Å²) in [4.78, 5) is 19.1. The minimum atomic E-state index is -0.629. The predicted octanol–water partition coefficient (Wildman–Crippen LogP) is 2.28. The second-order valence-electron chi connectivity index (χ2n) is 6.69. The number of rotatable bonds is 5. The molecule has 4 atom stereocenters. The zero-order valence-electron chi connectivity index (χ0n) is 13.2. The fourth-order valence-corrected chi connectivity index (χ4v) is 3.20. The van der Waals surface area contributed by atoms with Crippen LogP contribution in [0.25, 0.3) is 0 Å². The van der Waals surface area contributed by atoms with Crippen LogP contribution in [0.2, 0.25) is 0 Å². The first-order valence-electron chi connectivity index (χ1n) is 7.90. The molecule has 1 aliphatic rings. The SMILES string of the molecule is CC1CCC(C(C)C)C(OC(=O)C(N)Cc2cnc[nH]2)C1. The van der Waals surface area contributed by atoms with E-state index in [1.807, 2.05) is 0 Å². The molecule has 0 spiro atoms. The van der Waals surface area contributed by atoms with Gasteiger partial charge in [0.1, 0.15) is 12.1 Å². The van der Waals surface area contributed by atoms with E-state index in [1.54, 1.807) is 12.5 Å². The summed E-state index contributed by atoms with van der Waals surface area (Å²) in [7, 11) is 0. The minimum Gasteiger partial charge on any atom is -0.461 e. The number of nitrogens with one attached hydrogen (secondary N) is 1. The van der Waals surface area contributed by atoms with Crippen LogP contribution in [0.5, 0.6) is 0 Å². The van der Waals surface area contributed by atoms with Gasteiger partial charge in [0, 0.05) is 18.3 Å². The number of esters is 1. The van der Waals surface area contributed by atoms with Crippen LogP contribution in [-0.2, 0) is 16.0 Å². The van der Waals surface area contributed by atoms with Gasteiger partial charge in [-0.15, -0.1) is 0 Å². The molecule has 0 saturated heterocycles. The zero-order chi connectivity index (χ0) is 15.4. The summed E-state index contributed by atoms with van der Waals surface area (Å²) >= 11 is 0. The van der Waals surface area contributed by atoms with E-state index < -0.39 is 6.04 Å². The van der Waals surface area contributed by atoms with Gasteiger partial charge in [0.2, 0.25) is 0 Å². The Morgan fingerprint density at radius 2 is 2.29 bits per heavy atom. The van der Waals surface area contributed by atoms with E-state index in [0.717, 1.165) is 18.5 Å². The maximum Gasteiger partial charge on any atom is 0.323 e. The summed E-state index contributed by atoms with van der Waals surface area (Å²) < 4.78 is 5.75. The molecule has 0 radical (unpaired) electrons. The number of H-pyrrole nitrogens is 1. The molecular weight excluding hydrogens is 266 g/mol. The molecule has 0 amide bonds. The van der Waals surface area contributed by atoms with Gasteiger partial charge in [-0.2, -0.15) is 0 Å². The summed E-state index contributed by atoms with van der Waals surface area (Å²) in [5.74, 6) is 1.29. The highest BCUT2D eigenvalue weighted by atomic mass is 16.5. The van der Waals surface area contributed by atoms with Crippen LogP contribution in [0.1, 0.15) is 45.7 Å². The fourth-order valence-electron chi connectivity index (χ4n) is 3.20. The number of hydrogen-bond acceptors (Lipinski definition) is 4. The smallest absolute Gasteiger partial charge is 0.323 e. The number of aromatic amines is 1. The standard InChI is InChI=1S/C16H27N3O2/c1-10(2)13-5-4-11(3)6-15(13)21-16(20)14(17)7-12-8-18-9-19-12/h8-11,13-15H,4-7,17H2,1-3H3,(H,18,19). The van der Waals surface area contributed by atoms with Crippen molar-refractivity contribution in [3.63, 3.8) is 0 Å². The van der Waals surface area contributed by atoms with Crippen molar-refractivity contribution in [3.8, 4) is 0 Å². The highest BCUT2D eigenvalue weighted by Crippen LogP contribution is 2.35. The molecule has 0 aromatic carbocycles. The van der Waals surface area contributed by atoms with Crippen LogP contribution in [0.4, 0.5) is 0 Å². The number of ether oxygens (including phenoxy) is 1. The van der Waals surface area contributed by atoms with E-state index in [4.69, 9.17) is 10.5 Å². The van der Waals surface area contributed by atoms with Gasteiger partial charge in [-0.1, -0.05) is 27.2 Å². The molecule has 1 saturated carbocycles. The first kappa shape index (κ1) is 16.0. The summed E-state index contributed by atoms with van der Waals surface area (Å²) in [5.41, 5.74) is 6.82. The van der Waals surface area contributed by atoms with Crippen LogP contribution >= 0.6 is 0 Å². The molecule has 2 rings (SSSR count). The highest BCUT2D eigenvalue weighted by Gasteiger charge is 2.34. The number of carbonyl (C=O) groups excluding carboxylic acids is 1. The molecule has 118 valence electrons. The van der Waals surface area contributed by atoms with Crippen molar-refractivity contribution in [1.29, 1.82) is 0 Å². The molecule has 1 fully saturated rings. The first-order chi connectivity index (χ1) is 9.97. The van der Waals surface area contributed by atoms with Crippen LogP contribution in [0, 0.1) is 17.8 Å². The molecule has 1 aromatic heterocycles. The monoisotopic (exact) mass is 293 g/mol. The van der Waals surface area contributed by atoms with Crippen molar-refractivity contribution in [2.75, 3.05) is 0 Å².